The molecule has 1 heterocycles. The number of rotatable bonds is 2. The van der Waals surface area contributed by atoms with E-state index < -0.39 is 0 Å². The van der Waals surface area contributed by atoms with Crippen LogP contribution in [0.4, 0.5) is 0 Å². The van der Waals surface area contributed by atoms with Gasteiger partial charge in [0.2, 0.25) is 5.91 Å². The van der Waals surface area contributed by atoms with E-state index in [9.17, 15) is 4.79 Å². The van der Waals surface area contributed by atoms with Crippen molar-refractivity contribution >= 4 is 51.6 Å². The van der Waals surface area contributed by atoms with Gasteiger partial charge in [-0.15, -0.1) is 0 Å². The Labute approximate surface area is 99.8 Å². The Morgan fingerprint density at radius 3 is 2.75 bits per heavy atom. The maximum atomic E-state index is 10.7. The molecule has 6 heteroatoms. The number of halogens is 2. The van der Waals surface area contributed by atoms with Gasteiger partial charge in [0, 0.05) is 77.8 Å². The summed E-state index contributed by atoms with van der Waals surface area (Å²) in [6, 6.07) is 0.286. The Morgan fingerprint density at radius 2 is 2.17 bits per heavy atom. The number of piperazine rings is 1. The molecular formula is C6H11I2N3O. The minimum atomic E-state index is -0.214. The van der Waals surface area contributed by atoms with Crippen molar-refractivity contribution in [3.05, 3.63) is 0 Å². The molecule has 0 aliphatic carbocycles. The molecule has 1 aliphatic rings. The van der Waals surface area contributed by atoms with Crippen LogP contribution in [0.1, 0.15) is 6.42 Å². The second-order valence-electron chi connectivity index (χ2n) is 2.82. The lowest BCUT2D eigenvalue weighted by molar-refractivity contribution is -0.118. The van der Waals surface area contributed by atoms with Gasteiger partial charge in [-0.25, -0.2) is 6.23 Å². The van der Waals surface area contributed by atoms with Crippen LogP contribution < -0.4 is 5.73 Å². The maximum Gasteiger partial charge on any atom is 0.219 e. The summed E-state index contributed by atoms with van der Waals surface area (Å²) in [5, 5.41) is 0. The molecule has 1 saturated heterocycles. The van der Waals surface area contributed by atoms with Crippen LogP contribution in [0.2, 0.25) is 0 Å². The first kappa shape index (κ1) is 10.9. The highest BCUT2D eigenvalue weighted by atomic mass is 127. The maximum absolute atomic E-state index is 10.7. The number of carbonyl (C=O) groups is 1. The molecule has 1 fully saturated rings. The quantitative estimate of drug-likeness (QED) is 0.549. The van der Waals surface area contributed by atoms with Crippen LogP contribution in [0.3, 0.4) is 0 Å². The first-order valence-electron chi connectivity index (χ1n) is 3.71. The minimum Gasteiger partial charge on any atom is -0.370 e. The van der Waals surface area contributed by atoms with Crippen LogP contribution in [0, 0.1) is 0 Å². The predicted molar refractivity (Wildman–Crippen MR) is 63.9 cm³/mol. The standard InChI is InChI=1S/C6H11I2N3O/c7-10-1-2-11(8)5(4-10)3-6(9)12/h5H,1-4H2,(H2,9,12)/t5-/m0/s1. The Hall–Kier alpha value is 0.850. The van der Waals surface area contributed by atoms with Gasteiger partial charge in [0.1, 0.15) is 0 Å². The number of hydrogen-bond donors (Lipinski definition) is 1. The highest BCUT2D eigenvalue weighted by Gasteiger charge is 2.25. The summed E-state index contributed by atoms with van der Waals surface area (Å²) in [4.78, 5) is 10.7. The van der Waals surface area contributed by atoms with Gasteiger partial charge >= 0.3 is 0 Å². The molecule has 1 aliphatic heterocycles. The van der Waals surface area contributed by atoms with Gasteiger partial charge in [0.05, 0.1) is 0 Å². The average molecular weight is 395 g/mol. The molecular weight excluding hydrogens is 384 g/mol. The van der Waals surface area contributed by atoms with Crippen molar-refractivity contribution in [3.63, 3.8) is 0 Å². The van der Waals surface area contributed by atoms with Gasteiger partial charge in [-0.1, -0.05) is 0 Å². The summed E-state index contributed by atoms with van der Waals surface area (Å²) in [6.45, 7) is 2.98. The van der Waals surface area contributed by atoms with Crippen LogP contribution in [0.15, 0.2) is 0 Å². The number of carbonyl (C=O) groups excluding carboxylic acids is 1. The average Bonchev–Trinajstić information content (AvgIpc) is 1.96. The fraction of sp³-hybridized carbons (Fsp3) is 0.833. The van der Waals surface area contributed by atoms with Gasteiger partial charge in [-0.3, -0.25) is 4.79 Å². The van der Waals surface area contributed by atoms with Crippen molar-refractivity contribution in [1.82, 2.24) is 6.23 Å². The highest BCUT2D eigenvalue weighted by Crippen LogP contribution is 2.18. The SMILES string of the molecule is NC(=O)C[C@H]1CN(I)CCN1I. The van der Waals surface area contributed by atoms with E-state index in [1.807, 2.05) is 0 Å². The molecule has 0 unspecified atom stereocenters. The summed E-state index contributed by atoms with van der Waals surface area (Å²) in [7, 11) is 0. The van der Waals surface area contributed by atoms with Crippen LogP contribution in [-0.4, -0.2) is 37.8 Å². The second-order valence-corrected chi connectivity index (χ2v) is 5.42. The molecule has 2 N–H and O–H groups in total. The molecule has 12 heavy (non-hydrogen) atoms. The molecule has 1 amide bonds. The number of amides is 1. The molecule has 0 saturated carbocycles. The number of primary amides is 1. The van der Waals surface area contributed by atoms with Gasteiger partial charge in [0.25, 0.3) is 0 Å². The fourth-order valence-electron chi connectivity index (χ4n) is 1.19. The monoisotopic (exact) mass is 395 g/mol. The van der Waals surface area contributed by atoms with Crippen molar-refractivity contribution < 1.29 is 4.79 Å². The van der Waals surface area contributed by atoms with E-state index in [-0.39, 0.29) is 11.9 Å². The molecule has 1 atom stereocenters. The van der Waals surface area contributed by atoms with E-state index in [4.69, 9.17) is 5.73 Å². The largest absolute Gasteiger partial charge is 0.370 e. The van der Waals surface area contributed by atoms with Gasteiger partial charge in [-0.05, 0) is 0 Å². The van der Waals surface area contributed by atoms with Gasteiger partial charge in [0.15, 0.2) is 0 Å². The third kappa shape index (κ3) is 3.30. The number of hydrogen-bond acceptors (Lipinski definition) is 3. The summed E-state index contributed by atoms with van der Waals surface area (Å²) in [6.07, 6.45) is 0.461. The van der Waals surface area contributed by atoms with Crippen molar-refractivity contribution in [1.29, 1.82) is 0 Å². The molecule has 1 rings (SSSR count). The number of nitrogens with zero attached hydrogens (tertiary/aromatic N) is 2. The zero-order chi connectivity index (χ0) is 9.14. The van der Waals surface area contributed by atoms with Gasteiger partial charge < -0.3 is 5.73 Å². The van der Waals surface area contributed by atoms with Crippen LogP contribution >= 0.6 is 45.7 Å². The molecule has 0 bridgehead atoms. The van der Waals surface area contributed by atoms with E-state index in [0.717, 1.165) is 19.6 Å². The van der Waals surface area contributed by atoms with E-state index in [2.05, 4.69) is 52.0 Å². The highest BCUT2D eigenvalue weighted by molar-refractivity contribution is 14.1. The smallest absolute Gasteiger partial charge is 0.219 e. The number of nitrogens with two attached hydrogens (primary N) is 1. The zero-order valence-electron chi connectivity index (χ0n) is 6.54. The van der Waals surface area contributed by atoms with E-state index in [1.54, 1.807) is 0 Å². The normalized spacial score (nSPS) is 27.3. The van der Waals surface area contributed by atoms with E-state index in [0.29, 0.717) is 6.42 Å². The molecule has 4 nitrogen and oxygen atoms in total. The Kier molecular flexibility index (Phi) is 4.47. The Balaban J connectivity index is 2.43. The van der Waals surface area contributed by atoms with Crippen molar-refractivity contribution in [2.24, 2.45) is 5.73 Å². The second kappa shape index (κ2) is 4.91. The van der Waals surface area contributed by atoms with E-state index in [1.165, 1.54) is 0 Å². The molecule has 0 spiro atoms. The van der Waals surface area contributed by atoms with Crippen molar-refractivity contribution in [3.8, 4) is 0 Å². The lowest BCUT2D eigenvalue weighted by Gasteiger charge is -2.34. The lowest BCUT2D eigenvalue weighted by Crippen LogP contribution is -2.46. The topological polar surface area (TPSA) is 49.6 Å². The van der Waals surface area contributed by atoms with Crippen LogP contribution in [0.5, 0.6) is 0 Å². The summed E-state index contributed by atoms with van der Waals surface area (Å²) >= 11 is 4.54. The summed E-state index contributed by atoms with van der Waals surface area (Å²) in [5.41, 5.74) is 5.14. The first-order chi connectivity index (χ1) is 5.59. The van der Waals surface area contributed by atoms with Crippen molar-refractivity contribution in [2.75, 3.05) is 19.6 Å². The molecule has 0 aromatic heterocycles. The van der Waals surface area contributed by atoms with Crippen LogP contribution in [0.25, 0.3) is 0 Å². The molecule has 0 aromatic carbocycles. The molecule has 0 aromatic rings. The Bertz CT molecular complexity index is 178. The first-order valence-corrected chi connectivity index (χ1v) is 5.64. The van der Waals surface area contributed by atoms with Crippen molar-refractivity contribution in [2.45, 2.75) is 12.5 Å². The lowest BCUT2D eigenvalue weighted by atomic mass is 10.1. The summed E-state index contributed by atoms with van der Waals surface area (Å²) < 4.78 is 4.36. The van der Waals surface area contributed by atoms with E-state index >= 15 is 0 Å². The summed E-state index contributed by atoms with van der Waals surface area (Å²) in [5.74, 6) is -0.214. The van der Waals surface area contributed by atoms with Gasteiger partial charge in [-0.2, -0.15) is 0 Å². The third-order valence-electron chi connectivity index (χ3n) is 1.80. The molecule has 0 radical (unpaired) electrons. The third-order valence-corrected chi connectivity index (χ3v) is 3.94. The molecule has 70 valence electrons. The predicted octanol–water partition coefficient (Wildman–Crippen LogP) is 0.548. The Morgan fingerprint density at radius 1 is 1.50 bits per heavy atom. The minimum absolute atomic E-state index is 0.214. The zero-order valence-corrected chi connectivity index (χ0v) is 10.9. The van der Waals surface area contributed by atoms with Crippen LogP contribution in [-0.2, 0) is 4.79 Å². The fourth-order valence-corrected chi connectivity index (χ4v) is 2.45.